The second-order valence-electron chi connectivity index (χ2n) is 5.01. The zero-order valence-electron chi connectivity index (χ0n) is 10.9. The quantitative estimate of drug-likeness (QED) is 0.833. The van der Waals surface area contributed by atoms with Gasteiger partial charge in [-0.3, -0.25) is 14.7 Å². The topological polar surface area (TPSA) is 99.2 Å². The van der Waals surface area contributed by atoms with Crippen LogP contribution in [0.15, 0.2) is 6.33 Å². The van der Waals surface area contributed by atoms with Crippen molar-refractivity contribution in [2.75, 3.05) is 7.05 Å². The molecular formula is C12H18N4O3. The van der Waals surface area contributed by atoms with Gasteiger partial charge in [-0.1, -0.05) is 0 Å². The summed E-state index contributed by atoms with van der Waals surface area (Å²) in [7, 11) is 1.73. The van der Waals surface area contributed by atoms with E-state index in [0.717, 1.165) is 0 Å². The van der Waals surface area contributed by atoms with Crippen molar-refractivity contribution in [2.24, 2.45) is 11.8 Å². The Hall–Kier alpha value is -1.92. The van der Waals surface area contributed by atoms with E-state index in [4.69, 9.17) is 5.11 Å². The second-order valence-corrected chi connectivity index (χ2v) is 5.01. The molecule has 104 valence electrons. The van der Waals surface area contributed by atoms with Gasteiger partial charge in [0.1, 0.15) is 12.2 Å². The maximum absolute atomic E-state index is 12.2. The molecule has 0 atom stereocenters. The van der Waals surface area contributed by atoms with Crippen LogP contribution in [0.3, 0.4) is 0 Å². The van der Waals surface area contributed by atoms with Crippen LogP contribution in [0.25, 0.3) is 0 Å². The third-order valence-electron chi connectivity index (χ3n) is 3.65. The molecule has 1 fully saturated rings. The van der Waals surface area contributed by atoms with Crippen molar-refractivity contribution in [3.05, 3.63) is 12.2 Å². The molecule has 2 N–H and O–H groups in total. The monoisotopic (exact) mass is 266 g/mol. The van der Waals surface area contributed by atoms with Crippen molar-refractivity contribution < 1.29 is 14.7 Å². The van der Waals surface area contributed by atoms with E-state index in [1.54, 1.807) is 11.9 Å². The maximum atomic E-state index is 12.2. The Labute approximate surface area is 111 Å². The fourth-order valence-corrected chi connectivity index (χ4v) is 2.51. The molecule has 0 unspecified atom stereocenters. The molecule has 1 aromatic heterocycles. The van der Waals surface area contributed by atoms with Crippen molar-refractivity contribution in [3.8, 4) is 0 Å². The number of carboxylic acids is 1. The van der Waals surface area contributed by atoms with Crippen LogP contribution in [0.1, 0.15) is 31.5 Å². The summed E-state index contributed by atoms with van der Waals surface area (Å²) in [6.45, 7) is 0.400. The van der Waals surface area contributed by atoms with Gasteiger partial charge in [-0.15, -0.1) is 0 Å². The molecule has 1 aliphatic rings. The number of hydrogen-bond donors (Lipinski definition) is 2. The van der Waals surface area contributed by atoms with Gasteiger partial charge >= 0.3 is 5.97 Å². The zero-order valence-corrected chi connectivity index (χ0v) is 10.9. The van der Waals surface area contributed by atoms with Crippen LogP contribution in [0.2, 0.25) is 0 Å². The molecule has 0 saturated heterocycles. The number of aromatic amines is 1. The Balaban J connectivity index is 1.85. The standard InChI is InChI=1S/C12H18N4O3/c1-16(6-10-13-7-14-15-10)11(17)8-2-4-9(5-3-8)12(18)19/h7-9H,2-6H2,1H3,(H,18,19)(H,13,14,15). The minimum Gasteiger partial charge on any atom is -0.481 e. The normalized spacial score (nSPS) is 23.0. The molecule has 7 nitrogen and oxygen atoms in total. The highest BCUT2D eigenvalue weighted by Gasteiger charge is 2.31. The predicted octanol–water partition coefficient (Wildman–Crippen LogP) is 0.654. The van der Waals surface area contributed by atoms with Crippen LogP contribution in [-0.4, -0.2) is 44.1 Å². The summed E-state index contributed by atoms with van der Waals surface area (Å²) in [5, 5.41) is 15.4. The largest absolute Gasteiger partial charge is 0.481 e. The molecule has 0 bridgehead atoms. The molecule has 1 saturated carbocycles. The second kappa shape index (κ2) is 5.81. The van der Waals surface area contributed by atoms with Crippen LogP contribution in [0, 0.1) is 11.8 Å². The van der Waals surface area contributed by atoms with Crippen LogP contribution >= 0.6 is 0 Å². The van der Waals surface area contributed by atoms with Crippen LogP contribution in [0.4, 0.5) is 0 Å². The average molecular weight is 266 g/mol. The SMILES string of the molecule is CN(Cc1ncn[nH]1)C(=O)C1CCC(C(=O)O)CC1. The Bertz CT molecular complexity index is 438. The lowest BCUT2D eigenvalue weighted by molar-refractivity contribution is -0.145. The zero-order chi connectivity index (χ0) is 13.8. The van der Waals surface area contributed by atoms with Gasteiger partial charge < -0.3 is 10.0 Å². The number of nitrogens with one attached hydrogen (secondary N) is 1. The van der Waals surface area contributed by atoms with E-state index < -0.39 is 5.97 Å². The number of aromatic nitrogens is 3. The van der Waals surface area contributed by atoms with E-state index >= 15 is 0 Å². The van der Waals surface area contributed by atoms with Crippen molar-refractivity contribution in [1.82, 2.24) is 20.1 Å². The Morgan fingerprint density at radius 2 is 2.00 bits per heavy atom. The third kappa shape index (κ3) is 3.30. The fraction of sp³-hybridized carbons (Fsp3) is 0.667. The van der Waals surface area contributed by atoms with Crippen LogP contribution in [0.5, 0.6) is 0 Å². The number of carbonyl (C=O) groups excluding carboxylic acids is 1. The molecule has 0 radical (unpaired) electrons. The van der Waals surface area contributed by atoms with E-state index in [1.165, 1.54) is 6.33 Å². The van der Waals surface area contributed by atoms with Crippen LogP contribution < -0.4 is 0 Å². The number of amides is 1. The Kier molecular flexibility index (Phi) is 4.13. The summed E-state index contributed by atoms with van der Waals surface area (Å²) < 4.78 is 0. The van der Waals surface area contributed by atoms with Gasteiger partial charge in [-0.2, -0.15) is 5.10 Å². The summed E-state index contributed by atoms with van der Waals surface area (Å²) in [4.78, 5) is 28.7. The summed E-state index contributed by atoms with van der Waals surface area (Å²) in [5.41, 5.74) is 0. The van der Waals surface area contributed by atoms with Crippen LogP contribution in [-0.2, 0) is 16.1 Å². The third-order valence-corrected chi connectivity index (χ3v) is 3.65. The molecular weight excluding hydrogens is 248 g/mol. The first-order chi connectivity index (χ1) is 9.08. The highest BCUT2D eigenvalue weighted by atomic mass is 16.4. The summed E-state index contributed by atoms with van der Waals surface area (Å²) in [6.07, 6.45) is 3.88. The molecule has 0 spiro atoms. The highest BCUT2D eigenvalue weighted by Crippen LogP contribution is 2.30. The first-order valence-electron chi connectivity index (χ1n) is 6.40. The maximum Gasteiger partial charge on any atom is 0.306 e. The molecule has 0 aromatic carbocycles. The predicted molar refractivity (Wildman–Crippen MR) is 65.9 cm³/mol. The molecule has 0 aliphatic heterocycles. The highest BCUT2D eigenvalue weighted by molar-refractivity contribution is 5.79. The molecule has 1 aliphatic carbocycles. The van der Waals surface area contributed by atoms with Crippen molar-refractivity contribution in [3.63, 3.8) is 0 Å². The van der Waals surface area contributed by atoms with E-state index in [1.807, 2.05) is 0 Å². The average Bonchev–Trinajstić information content (AvgIpc) is 2.90. The summed E-state index contributed by atoms with van der Waals surface area (Å²) in [5.74, 6) is -0.400. The van der Waals surface area contributed by atoms with E-state index in [2.05, 4.69) is 15.2 Å². The fourth-order valence-electron chi connectivity index (χ4n) is 2.51. The molecule has 2 rings (SSSR count). The number of carbonyl (C=O) groups is 2. The smallest absolute Gasteiger partial charge is 0.306 e. The minimum atomic E-state index is -0.749. The minimum absolute atomic E-state index is 0.0558. The van der Waals surface area contributed by atoms with E-state index in [0.29, 0.717) is 38.1 Å². The summed E-state index contributed by atoms with van der Waals surface area (Å²) >= 11 is 0. The van der Waals surface area contributed by atoms with Crippen molar-refractivity contribution >= 4 is 11.9 Å². The molecule has 1 aromatic rings. The van der Waals surface area contributed by atoms with Gasteiger partial charge in [0.2, 0.25) is 5.91 Å². The van der Waals surface area contributed by atoms with Gasteiger partial charge in [-0.05, 0) is 25.7 Å². The van der Waals surface area contributed by atoms with Crippen molar-refractivity contribution in [1.29, 1.82) is 0 Å². The first kappa shape index (κ1) is 13.5. The number of H-pyrrole nitrogens is 1. The Morgan fingerprint density at radius 1 is 1.37 bits per heavy atom. The molecule has 7 heteroatoms. The van der Waals surface area contributed by atoms with Gasteiger partial charge in [-0.25, -0.2) is 4.98 Å². The van der Waals surface area contributed by atoms with Gasteiger partial charge in [0.15, 0.2) is 0 Å². The molecule has 1 amide bonds. The number of aliphatic carboxylic acids is 1. The van der Waals surface area contributed by atoms with Crippen molar-refractivity contribution in [2.45, 2.75) is 32.2 Å². The van der Waals surface area contributed by atoms with Gasteiger partial charge in [0.25, 0.3) is 0 Å². The molecule has 1 heterocycles. The lowest BCUT2D eigenvalue weighted by Gasteiger charge is -2.28. The lowest BCUT2D eigenvalue weighted by atomic mass is 9.81. The Morgan fingerprint density at radius 3 is 2.53 bits per heavy atom. The molecule has 19 heavy (non-hydrogen) atoms. The number of nitrogens with zero attached hydrogens (tertiary/aromatic N) is 3. The number of carboxylic acid groups (broad SMARTS) is 1. The van der Waals surface area contributed by atoms with E-state index in [9.17, 15) is 9.59 Å². The van der Waals surface area contributed by atoms with E-state index in [-0.39, 0.29) is 17.7 Å². The van der Waals surface area contributed by atoms with Gasteiger partial charge in [0, 0.05) is 13.0 Å². The van der Waals surface area contributed by atoms with Gasteiger partial charge in [0.05, 0.1) is 12.5 Å². The first-order valence-corrected chi connectivity index (χ1v) is 6.40. The number of hydrogen-bond acceptors (Lipinski definition) is 4. The summed E-state index contributed by atoms with van der Waals surface area (Å²) in [6, 6.07) is 0. The number of rotatable bonds is 4. The lowest BCUT2D eigenvalue weighted by Crippen LogP contribution is -2.35.